The predicted octanol–water partition coefficient (Wildman–Crippen LogP) is 2.21. The molecule has 2 aliphatic heterocycles. The summed E-state index contributed by atoms with van der Waals surface area (Å²) in [5.74, 6) is 0.309. The molecule has 20 heavy (non-hydrogen) atoms. The summed E-state index contributed by atoms with van der Waals surface area (Å²) >= 11 is 2.32. The maximum absolute atomic E-state index is 12.8. The van der Waals surface area contributed by atoms with Crippen molar-refractivity contribution in [1.82, 2.24) is 4.31 Å². The predicted molar refractivity (Wildman–Crippen MR) is 85.6 cm³/mol. The average Bonchev–Trinajstić information content (AvgIpc) is 3.00. The Kier molecular flexibility index (Phi) is 4.09. The maximum Gasteiger partial charge on any atom is 0.243 e. The van der Waals surface area contributed by atoms with Gasteiger partial charge in [0.15, 0.2) is 0 Å². The SMILES string of the molecule is Cc1ccc(S(=O)(=O)N2C[C@H](CI)[C@@H]3OCC[C@@H]32)cc1. The normalized spacial score (nSPS) is 30.6. The molecule has 2 fully saturated rings. The Hall–Kier alpha value is -0.180. The second-order valence-electron chi connectivity index (χ2n) is 5.49. The van der Waals surface area contributed by atoms with E-state index in [0.29, 0.717) is 24.0 Å². The van der Waals surface area contributed by atoms with Gasteiger partial charge in [0.25, 0.3) is 0 Å². The summed E-state index contributed by atoms with van der Waals surface area (Å²) in [5, 5.41) is 0. The average molecular weight is 407 g/mol. The Bertz CT molecular complexity index is 587. The van der Waals surface area contributed by atoms with Gasteiger partial charge in [0.1, 0.15) is 0 Å². The van der Waals surface area contributed by atoms with Crippen molar-refractivity contribution in [3.8, 4) is 0 Å². The van der Waals surface area contributed by atoms with Crippen LogP contribution in [0.2, 0.25) is 0 Å². The molecule has 0 saturated carbocycles. The third-order valence-electron chi connectivity index (χ3n) is 4.18. The monoisotopic (exact) mass is 407 g/mol. The van der Waals surface area contributed by atoms with E-state index in [-0.39, 0.29) is 12.1 Å². The van der Waals surface area contributed by atoms with Crippen LogP contribution in [0.4, 0.5) is 0 Å². The van der Waals surface area contributed by atoms with Crippen molar-refractivity contribution in [2.24, 2.45) is 5.92 Å². The molecule has 2 heterocycles. The van der Waals surface area contributed by atoms with Crippen LogP contribution in [0.5, 0.6) is 0 Å². The highest BCUT2D eigenvalue weighted by atomic mass is 127. The maximum atomic E-state index is 12.8. The molecule has 1 aromatic rings. The first-order chi connectivity index (χ1) is 9.54. The molecule has 0 radical (unpaired) electrons. The molecule has 2 saturated heterocycles. The van der Waals surface area contributed by atoms with Gasteiger partial charge in [-0.1, -0.05) is 40.3 Å². The molecule has 0 aromatic heterocycles. The highest BCUT2D eigenvalue weighted by molar-refractivity contribution is 14.1. The number of nitrogens with zero attached hydrogens (tertiary/aromatic N) is 1. The van der Waals surface area contributed by atoms with E-state index in [0.717, 1.165) is 16.4 Å². The van der Waals surface area contributed by atoms with E-state index in [1.165, 1.54) is 0 Å². The fourth-order valence-corrected chi connectivity index (χ4v) is 5.59. The standard InChI is InChI=1S/C14H18INO3S/c1-10-2-4-12(5-3-10)20(17,18)16-9-11(8-15)14-13(16)6-7-19-14/h2-5,11,13-14H,6-9H2,1H3/t11-,13-,14-/m0/s1. The minimum atomic E-state index is -3.40. The second kappa shape index (κ2) is 5.55. The van der Waals surface area contributed by atoms with Gasteiger partial charge >= 0.3 is 0 Å². The van der Waals surface area contributed by atoms with E-state index < -0.39 is 10.0 Å². The zero-order valence-corrected chi connectivity index (χ0v) is 14.3. The molecule has 0 bridgehead atoms. The van der Waals surface area contributed by atoms with Gasteiger partial charge < -0.3 is 4.74 Å². The van der Waals surface area contributed by atoms with Crippen molar-refractivity contribution >= 4 is 32.6 Å². The first-order valence-corrected chi connectivity index (χ1v) is 9.76. The molecule has 0 aliphatic carbocycles. The lowest BCUT2D eigenvalue weighted by atomic mass is 10.0. The van der Waals surface area contributed by atoms with Gasteiger partial charge in [-0.05, 0) is 25.5 Å². The van der Waals surface area contributed by atoms with Gasteiger partial charge in [-0.3, -0.25) is 0 Å². The third kappa shape index (κ3) is 2.40. The highest BCUT2D eigenvalue weighted by Gasteiger charge is 2.49. The van der Waals surface area contributed by atoms with Crippen molar-refractivity contribution in [3.05, 3.63) is 29.8 Å². The third-order valence-corrected chi connectivity index (χ3v) is 7.21. The van der Waals surface area contributed by atoms with Crippen molar-refractivity contribution in [2.75, 3.05) is 17.6 Å². The van der Waals surface area contributed by atoms with Gasteiger partial charge in [0.2, 0.25) is 10.0 Å². The number of hydrogen-bond acceptors (Lipinski definition) is 3. The number of ether oxygens (including phenoxy) is 1. The molecule has 0 unspecified atom stereocenters. The van der Waals surface area contributed by atoms with Crippen LogP contribution >= 0.6 is 22.6 Å². The summed E-state index contributed by atoms with van der Waals surface area (Å²) in [6.45, 7) is 3.20. The van der Waals surface area contributed by atoms with E-state index in [2.05, 4.69) is 22.6 Å². The molecule has 110 valence electrons. The van der Waals surface area contributed by atoms with Gasteiger partial charge in [-0.25, -0.2) is 8.42 Å². The van der Waals surface area contributed by atoms with Crippen molar-refractivity contribution < 1.29 is 13.2 Å². The zero-order chi connectivity index (χ0) is 14.3. The van der Waals surface area contributed by atoms with Crippen molar-refractivity contribution in [2.45, 2.75) is 30.4 Å². The van der Waals surface area contributed by atoms with Crippen LogP contribution in [0.25, 0.3) is 0 Å². The number of fused-ring (bicyclic) bond motifs is 1. The zero-order valence-electron chi connectivity index (χ0n) is 11.3. The van der Waals surface area contributed by atoms with E-state index in [9.17, 15) is 8.42 Å². The highest BCUT2D eigenvalue weighted by Crippen LogP contribution is 2.37. The summed E-state index contributed by atoms with van der Waals surface area (Å²) in [6, 6.07) is 7.11. The van der Waals surface area contributed by atoms with E-state index >= 15 is 0 Å². The summed E-state index contributed by atoms with van der Waals surface area (Å²) in [6.07, 6.45) is 0.884. The van der Waals surface area contributed by atoms with Crippen LogP contribution in [-0.2, 0) is 14.8 Å². The molecule has 6 heteroatoms. The Morgan fingerprint density at radius 3 is 2.70 bits per heavy atom. The molecule has 0 amide bonds. The molecule has 0 spiro atoms. The number of hydrogen-bond donors (Lipinski definition) is 0. The molecule has 0 N–H and O–H groups in total. The lowest BCUT2D eigenvalue weighted by Crippen LogP contribution is -2.37. The molecular formula is C14H18INO3S. The Labute approximate surface area is 133 Å². The Morgan fingerprint density at radius 1 is 1.35 bits per heavy atom. The fourth-order valence-electron chi connectivity index (χ4n) is 3.09. The van der Waals surface area contributed by atoms with Gasteiger partial charge in [-0.15, -0.1) is 0 Å². The number of halogens is 1. The van der Waals surface area contributed by atoms with Crippen LogP contribution in [0.3, 0.4) is 0 Å². The smallest absolute Gasteiger partial charge is 0.243 e. The quantitative estimate of drug-likeness (QED) is 0.570. The first-order valence-electron chi connectivity index (χ1n) is 6.80. The largest absolute Gasteiger partial charge is 0.376 e. The Morgan fingerprint density at radius 2 is 2.05 bits per heavy atom. The van der Waals surface area contributed by atoms with Gasteiger partial charge in [0.05, 0.1) is 17.0 Å². The molecular weight excluding hydrogens is 389 g/mol. The fraction of sp³-hybridized carbons (Fsp3) is 0.571. The number of sulfonamides is 1. The van der Waals surface area contributed by atoms with Crippen LogP contribution in [0.15, 0.2) is 29.2 Å². The van der Waals surface area contributed by atoms with Crippen molar-refractivity contribution in [3.63, 3.8) is 0 Å². The summed E-state index contributed by atoms with van der Waals surface area (Å²) in [5.41, 5.74) is 1.07. The number of aryl methyl sites for hydroxylation is 1. The van der Waals surface area contributed by atoms with E-state index in [1.54, 1.807) is 16.4 Å². The number of alkyl halides is 1. The van der Waals surface area contributed by atoms with Crippen molar-refractivity contribution in [1.29, 1.82) is 0 Å². The molecule has 2 aliphatic rings. The minimum Gasteiger partial charge on any atom is -0.376 e. The van der Waals surface area contributed by atoms with E-state index in [4.69, 9.17) is 4.74 Å². The summed E-state index contributed by atoms with van der Waals surface area (Å²) < 4.78 is 34.0. The van der Waals surface area contributed by atoms with Crippen LogP contribution in [0.1, 0.15) is 12.0 Å². The number of rotatable bonds is 3. The first kappa shape index (κ1) is 14.7. The second-order valence-corrected chi connectivity index (χ2v) is 8.26. The molecule has 3 rings (SSSR count). The van der Waals surface area contributed by atoms with Crippen LogP contribution in [-0.4, -0.2) is 42.4 Å². The van der Waals surface area contributed by atoms with Crippen LogP contribution in [0, 0.1) is 12.8 Å². The Balaban J connectivity index is 1.93. The summed E-state index contributed by atoms with van der Waals surface area (Å²) in [7, 11) is -3.40. The molecule has 1 aromatic carbocycles. The lowest BCUT2D eigenvalue weighted by molar-refractivity contribution is 0.0844. The topological polar surface area (TPSA) is 46.6 Å². The lowest BCUT2D eigenvalue weighted by Gasteiger charge is -2.22. The minimum absolute atomic E-state index is 0.0149. The van der Waals surface area contributed by atoms with Gasteiger partial charge in [0, 0.05) is 23.5 Å². The van der Waals surface area contributed by atoms with Crippen LogP contribution < -0.4 is 0 Å². The summed E-state index contributed by atoms with van der Waals surface area (Å²) in [4.78, 5) is 0.392. The number of benzene rings is 1. The van der Waals surface area contributed by atoms with Gasteiger partial charge in [-0.2, -0.15) is 4.31 Å². The molecule has 3 atom stereocenters. The molecule has 4 nitrogen and oxygen atoms in total. The van der Waals surface area contributed by atoms with E-state index in [1.807, 2.05) is 19.1 Å².